The molecule has 1 amide bonds. The number of anilines is 1. The van der Waals surface area contributed by atoms with Gasteiger partial charge in [-0.2, -0.15) is 0 Å². The van der Waals surface area contributed by atoms with Crippen LogP contribution >= 0.6 is 0 Å². The Balaban J connectivity index is 1.91. The van der Waals surface area contributed by atoms with E-state index in [-0.39, 0.29) is 12.4 Å². The number of aromatic nitrogens is 1. The lowest BCUT2D eigenvalue weighted by molar-refractivity contribution is -0.119. The van der Waals surface area contributed by atoms with Crippen LogP contribution in [0.4, 0.5) is 11.4 Å². The van der Waals surface area contributed by atoms with Gasteiger partial charge in [-0.15, -0.1) is 0 Å². The van der Waals surface area contributed by atoms with Gasteiger partial charge in [0.15, 0.2) is 17.4 Å². The predicted octanol–water partition coefficient (Wildman–Crippen LogP) is 2.87. The summed E-state index contributed by atoms with van der Waals surface area (Å²) in [4.78, 5) is 22.0. The molecular weight excluding hydrogens is 510 g/mol. The molecule has 206 valence electrons. The molecule has 0 aliphatic carbocycles. The van der Waals surface area contributed by atoms with E-state index < -0.39 is 15.9 Å². The summed E-state index contributed by atoms with van der Waals surface area (Å²) in [6, 6.07) is 10.1. The van der Waals surface area contributed by atoms with Gasteiger partial charge in [0, 0.05) is 24.5 Å². The van der Waals surface area contributed by atoms with Crippen molar-refractivity contribution >= 4 is 43.9 Å². The SMILES string of the molecule is CCC(=Nc1ccc(N(CC(=O)NCCN(C)C)S(C)(=O)=O)cc1)c1c(O)[nH]c2cc(OC)c(OC)cc12. The third-order valence-corrected chi connectivity index (χ3v) is 7.02. The Bertz CT molecular complexity index is 1410. The molecule has 12 heteroatoms. The fourth-order valence-electron chi connectivity index (χ4n) is 3.97. The lowest BCUT2D eigenvalue weighted by atomic mass is 10.1. The van der Waals surface area contributed by atoms with Crippen LogP contribution in [0.3, 0.4) is 0 Å². The average molecular weight is 546 g/mol. The van der Waals surface area contributed by atoms with E-state index in [1.54, 1.807) is 50.6 Å². The molecule has 3 rings (SSSR count). The zero-order chi connectivity index (χ0) is 28.0. The summed E-state index contributed by atoms with van der Waals surface area (Å²) in [6.45, 7) is 2.65. The van der Waals surface area contributed by atoms with Crippen molar-refractivity contribution in [2.45, 2.75) is 13.3 Å². The Kier molecular flexibility index (Phi) is 9.23. The van der Waals surface area contributed by atoms with E-state index in [1.807, 2.05) is 25.9 Å². The fourth-order valence-corrected chi connectivity index (χ4v) is 4.82. The standard InChI is InChI=1S/C26H35N5O6S/c1-7-20(25-19-14-22(36-4)23(37-5)15-21(19)29-26(25)33)28-17-8-10-18(11-9-17)31(38(6,34)35)16-24(32)27-12-13-30(2)3/h8-11,14-15,29,33H,7,12-13,16H2,1-6H3,(H,27,32). The molecule has 0 unspecified atom stereocenters. The quantitative estimate of drug-likeness (QED) is 0.298. The molecule has 3 N–H and O–H groups in total. The Labute approximate surface area is 223 Å². The molecule has 0 aliphatic rings. The van der Waals surface area contributed by atoms with E-state index in [9.17, 15) is 18.3 Å². The predicted molar refractivity (Wildman–Crippen MR) is 150 cm³/mol. The van der Waals surface area contributed by atoms with Crippen LogP contribution in [0.25, 0.3) is 10.9 Å². The zero-order valence-electron chi connectivity index (χ0n) is 22.5. The van der Waals surface area contributed by atoms with Crippen molar-refractivity contribution in [2.24, 2.45) is 4.99 Å². The van der Waals surface area contributed by atoms with E-state index >= 15 is 0 Å². The second-order valence-electron chi connectivity index (χ2n) is 8.95. The molecule has 0 fully saturated rings. The maximum atomic E-state index is 12.4. The number of aromatic hydroxyl groups is 1. The Morgan fingerprint density at radius 3 is 2.29 bits per heavy atom. The third-order valence-electron chi connectivity index (χ3n) is 5.88. The summed E-state index contributed by atoms with van der Waals surface area (Å²) in [6.07, 6.45) is 1.57. The number of benzene rings is 2. The first-order valence-electron chi connectivity index (χ1n) is 12.0. The lowest BCUT2D eigenvalue weighted by Gasteiger charge is -2.22. The molecular formula is C26H35N5O6S. The monoisotopic (exact) mass is 545 g/mol. The number of nitrogens with one attached hydrogen (secondary N) is 2. The number of hydrogen-bond donors (Lipinski definition) is 3. The van der Waals surface area contributed by atoms with E-state index in [0.29, 0.717) is 59.2 Å². The Morgan fingerprint density at radius 2 is 1.74 bits per heavy atom. The van der Waals surface area contributed by atoms with Crippen molar-refractivity contribution in [2.75, 3.05) is 58.5 Å². The van der Waals surface area contributed by atoms with Gasteiger partial charge in [-0.05, 0) is 50.8 Å². The number of H-pyrrole nitrogens is 1. The summed E-state index contributed by atoms with van der Waals surface area (Å²) in [5.74, 6) is 0.623. The van der Waals surface area contributed by atoms with E-state index in [2.05, 4.69) is 10.3 Å². The molecule has 0 bridgehead atoms. The number of likely N-dealkylation sites (N-methyl/N-ethyl adjacent to an activating group) is 1. The minimum Gasteiger partial charge on any atom is -0.494 e. The molecule has 0 saturated carbocycles. The van der Waals surface area contributed by atoms with Gasteiger partial charge in [-0.25, -0.2) is 8.42 Å². The van der Waals surface area contributed by atoms with Gasteiger partial charge in [0.05, 0.1) is 48.6 Å². The van der Waals surface area contributed by atoms with Crippen LogP contribution in [0.5, 0.6) is 17.4 Å². The number of rotatable bonds is 12. The second-order valence-corrected chi connectivity index (χ2v) is 10.9. The van der Waals surface area contributed by atoms with Gasteiger partial charge in [-0.3, -0.25) is 14.1 Å². The van der Waals surface area contributed by atoms with Crippen molar-refractivity contribution in [3.05, 3.63) is 42.0 Å². The van der Waals surface area contributed by atoms with Crippen molar-refractivity contribution in [1.82, 2.24) is 15.2 Å². The smallest absolute Gasteiger partial charge is 0.240 e. The maximum absolute atomic E-state index is 12.4. The first-order valence-corrected chi connectivity index (χ1v) is 13.9. The number of nitrogens with zero attached hydrogens (tertiary/aromatic N) is 3. The number of aliphatic imine (C=N–C) groups is 1. The number of carbonyl (C=O) groups is 1. The molecule has 3 aromatic rings. The van der Waals surface area contributed by atoms with Gasteiger partial charge in [-0.1, -0.05) is 6.92 Å². The summed E-state index contributed by atoms with van der Waals surface area (Å²) >= 11 is 0. The highest BCUT2D eigenvalue weighted by molar-refractivity contribution is 7.92. The normalized spacial score (nSPS) is 12.1. The Morgan fingerprint density at radius 1 is 1.11 bits per heavy atom. The van der Waals surface area contributed by atoms with E-state index in [4.69, 9.17) is 14.5 Å². The van der Waals surface area contributed by atoms with Crippen LogP contribution < -0.4 is 19.1 Å². The van der Waals surface area contributed by atoms with Gasteiger partial charge >= 0.3 is 0 Å². The number of amides is 1. The number of carbonyl (C=O) groups excluding carboxylic acids is 1. The third kappa shape index (κ3) is 6.75. The zero-order valence-corrected chi connectivity index (χ0v) is 23.3. The van der Waals surface area contributed by atoms with E-state index in [0.717, 1.165) is 15.9 Å². The maximum Gasteiger partial charge on any atom is 0.240 e. The van der Waals surface area contributed by atoms with Gasteiger partial charge < -0.3 is 29.8 Å². The number of ether oxygens (including phenoxy) is 2. The van der Waals surface area contributed by atoms with Gasteiger partial charge in [0.2, 0.25) is 15.9 Å². The highest BCUT2D eigenvalue weighted by atomic mass is 32.2. The molecule has 0 aliphatic heterocycles. The minimum atomic E-state index is -3.71. The fraction of sp³-hybridized carbons (Fsp3) is 0.385. The second kappa shape index (κ2) is 12.2. The molecule has 11 nitrogen and oxygen atoms in total. The van der Waals surface area contributed by atoms with Crippen LogP contribution in [0.2, 0.25) is 0 Å². The molecule has 0 radical (unpaired) electrons. The molecule has 2 aromatic carbocycles. The van der Waals surface area contributed by atoms with E-state index in [1.165, 1.54) is 0 Å². The molecule has 1 aromatic heterocycles. The van der Waals surface area contributed by atoms with Crippen LogP contribution in [0.15, 0.2) is 41.4 Å². The summed E-state index contributed by atoms with van der Waals surface area (Å²) in [7, 11) is 3.15. The molecule has 0 spiro atoms. The van der Waals surface area contributed by atoms with Crippen LogP contribution in [-0.4, -0.2) is 89.2 Å². The first kappa shape index (κ1) is 28.8. The summed E-state index contributed by atoms with van der Waals surface area (Å²) in [5.41, 5.74) is 2.73. The van der Waals surface area contributed by atoms with Crippen molar-refractivity contribution in [3.8, 4) is 17.4 Å². The lowest BCUT2D eigenvalue weighted by Crippen LogP contribution is -2.42. The molecule has 0 atom stereocenters. The highest BCUT2D eigenvalue weighted by Gasteiger charge is 2.22. The van der Waals surface area contributed by atoms with Crippen molar-refractivity contribution in [1.29, 1.82) is 0 Å². The van der Waals surface area contributed by atoms with Crippen LogP contribution in [0.1, 0.15) is 18.9 Å². The van der Waals surface area contributed by atoms with Gasteiger partial charge in [0.25, 0.3) is 0 Å². The van der Waals surface area contributed by atoms with Gasteiger partial charge in [0.1, 0.15) is 6.54 Å². The number of aromatic amines is 1. The number of sulfonamides is 1. The topological polar surface area (TPSA) is 137 Å². The molecule has 0 saturated heterocycles. The summed E-state index contributed by atoms with van der Waals surface area (Å²) < 4.78 is 36.7. The number of fused-ring (bicyclic) bond motifs is 1. The average Bonchev–Trinajstić information content (AvgIpc) is 3.18. The summed E-state index contributed by atoms with van der Waals surface area (Å²) in [5, 5.41) is 14.1. The van der Waals surface area contributed by atoms with Crippen LogP contribution in [0, 0.1) is 0 Å². The van der Waals surface area contributed by atoms with Crippen molar-refractivity contribution < 1.29 is 27.8 Å². The number of hydrogen-bond acceptors (Lipinski definition) is 8. The largest absolute Gasteiger partial charge is 0.494 e. The molecule has 38 heavy (non-hydrogen) atoms. The minimum absolute atomic E-state index is 0.0314. The van der Waals surface area contributed by atoms with Crippen LogP contribution in [-0.2, 0) is 14.8 Å². The Hall–Kier alpha value is -3.77. The highest BCUT2D eigenvalue weighted by Crippen LogP contribution is 2.37. The first-order chi connectivity index (χ1) is 18.0. The molecule has 1 heterocycles. The number of methoxy groups -OCH3 is 2. The van der Waals surface area contributed by atoms with Crippen molar-refractivity contribution in [3.63, 3.8) is 0 Å².